The van der Waals surface area contributed by atoms with Crippen molar-refractivity contribution < 1.29 is 4.74 Å². The van der Waals surface area contributed by atoms with Crippen molar-refractivity contribution in [2.45, 2.75) is 58.1 Å². The van der Waals surface area contributed by atoms with Gasteiger partial charge in [0.2, 0.25) is 0 Å². The van der Waals surface area contributed by atoms with E-state index in [0.29, 0.717) is 5.92 Å². The lowest BCUT2D eigenvalue weighted by atomic mass is 9.84. The fraction of sp³-hybridized carbons (Fsp3) is 0.750. The second-order valence-electron chi connectivity index (χ2n) is 6.07. The van der Waals surface area contributed by atoms with Crippen molar-refractivity contribution in [3.05, 3.63) is 22.8 Å². The van der Waals surface area contributed by atoms with E-state index in [1.165, 1.54) is 43.4 Å². The Morgan fingerprint density at radius 2 is 2.00 bits per heavy atom. The van der Waals surface area contributed by atoms with Gasteiger partial charge < -0.3 is 10.1 Å². The van der Waals surface area contributed by atoms with Gasteiger partial charge >= 0.3 is 0 Å². The van der Waals surface area contributed by atoms with Crippen molar-refractivity contribution in [1.82, 2.24) is 15.3 Å². The zero-order valence-electron chi connectivity index (χ0n) is 12.6. The Kier molecular flexibility index (Phi) is 4.32. The molecular formula is C16H25N3O. The van der Waals surface area contributed by atoms with Crippen molar-refractivity contribution in [3.63, 3.8) is 0 Å². The molecule has 4 heteroatoms. The predicted octanol–water partition coefficient (Wildman–Crippen LogP) is 2.70. The molecule has 20 heavy (non-hydrogen) atoms. The van der Waals surface area contributed by atoms with Crippen LogP contribution in [-0.2, 0) is 17.7 Å². The molecule has 110 valence electrons. The van der Waals surface area contributed by atoms with Gasteiger partial charge in [-0.3, -0.25) is 0 Å². The first kappa shape index (κ1) is 14.0. The smallest absolute Gasteiger partial charge is 0.157 e. The second kappa shape index (κ2) is 6.19. The van der Waals surface area contributed by atoms with E-state index in [1.54, 1.807) is 7.11 Å². The molecule has 1 atom stereocenters. The van der Waals surface area contributed by atoms with E-state index < -0.39 is 0 Å². The van der Waals surface area contributed by atoms with Crippen LogP contribution < -0.4 is 5.32 Å². The Bertz CT molecular complexity index is 469. The van der Waals surface area contributed by atoms with Crippen LogP contribution in [0.1, 0.15) is 61.0 Å². The number of ether oxygens (including phenoxy) is 1. The third-order valence-corrected chi connectivity index (χ3v) is 4.74. The Hall–Kier alpha value is -1.00. The van der Waals surface area contributed by atoms with Gasteiger partial charge in [-0.15, -0.1) is 0 Å². The Morgan fingerprint density at radius 3 is 2.75 bits per heavy atom. The van der Waals surface area contributed by atoms with Gasteiger partial charge in [-0.1, -0.05) is 19.3 Å². The van der Waals surface area contributed by atoms with Crippen LogP contribution >= 0.6 is 0 Å². The summed E-state index contributed by atoms with van der Waals surface area (Å²) in [6, 6.07) is 0. The van der Waals surface area contributed by atoms with Crippen molar-refractivity contribution >= 4 is 0 Å². The minimum absolute atomic E-state index is 0.0779. The van der Waals surface area contributed by atoms with E-state index in [0.717, 1.165) is 31.0 Å². The second-order valence-corrected chi connectivity index (χ2v) is 6.07. The number of rotatable bonds is 3. The number of aryl methyl sites for hydroxylation is 1. The first-order valence-electron chi connectivity index (χ1n) is 7.89. The lowest BCUT2D eigenvalue weighted by Gasteiger charge is -2.29. The topological polar surface area (TPSA) is 47.0 Å². The van der Waals surface area contributed by atoms with Gasteiger partial charge in [0.05, 0.1) is 5.69 Å². The van der Waals surface area contributed by atoms with Gasteiger partial charge in [0.25, 0.3) is 0 Å². The number of methoxy groups -OCH3 is 1. The maximum Gasteiger partial charge on any atom is 0.157 e. The molecule has 1 unspecified atom stereocenters. The summed E-state index contributed by atoms with van der Waals surface area (Å²) < 4.78 is 5.78. The molecule has 0 aromatic carbocycles. The van der Waals surface area contributed by atoms with Gasteiger partial charge in [0, 0.05) is 37.9 Å². The summed E-state index contributed by atoms with van der Waals surface area (Å²) in [5.41, 5.74) is 3.64. The van der Waals surface area contributed by atoms with Crippen molar-refractivity contribution in [3.8, 4) is 0 Å². The minimum atomic E-state index is 0.0779. The Balaban J connectivity index is 1.89. The van der Waals surface area contributed by atoms with Crippen molar-refractivity contribution in [2.24, 2.45) is 5.92 Å². The number of aromatic nitrogens is 2. The fourth-order valence-electron chi connectivity index (χ4n) is 3.61. The average Bonchev–Trinajstić information content (AvgIpc) is 2.49. The number of fused-ring (bicyclic) bond motifs is 1. The van der Waals surface area contributed by atoms with Crippen LogP contribution in [0.3, 0.4) is 0 Å². The monoisotopic (exact) mass is 275 g/mol. The van der Waals surface area contributed by atoms with E-state index in [9.17, 15) is 0 Å². The van der Waals surface area contributed by atoms with Gasteiger partial charge in [0.1, 0.15) is 6.10 Å². The molecule has 0 bridgehead atoms. The highest BCUT2D eigenvalue weighted by Crippen LogP contribution is 2.35. The lowest BCUT2D eigenvalue weighted by molar-refractivity contribution is 0.0285. The van der Waals surface area contributed by atoms with Crippen LogP contribution in [0.4, 0.5) is 0 Å². The largest absolute Gasteiger partial charge is 0.373 e. The highest BCUT2D eigenvalue weighted by molar-refractivity contribution is 5.27. The van der Waals surface area contributed by atoms with Crippen LogP contribution in [-0.4, -0.2) is 23.6 Å². The summed E-state index contributed by atoms with van der Waals surface area (Å²) in [5, 5.41) is 3.40. The Labute approximate surface area is 121 Å². The van der Waals surface area contributed by atoms with E-state index in [1.807, 2.05) is 0 Å². The summed E-state index contributed by atoms with van der Waals surface area (Å²) in [6.07, 6.45) is 7.58. The summed E-state index contributed by atoms with van der Waals surface area (Å²) in [7, 11) is 1.80. The normalized spacial score (nSPS) is 21.5. The molecule has 0 saturated heterocycles. The van der Waals surface area contributed by atoms with Gasteiger partial charge in [-0.25, -0.2) is 9.97 Å². The first-order valence-corrected chi connectivity index (χ1v) is 7.89. The SMILES string of the molecule is COC(c1nc(C)c2c(n1)CCNC2)C1CCCCC1. The highest BCUT2D eigenvalue weighted by Gasteiger charge is 2.28. The predicted molar refractivity (Wildman–Crippen MR) is 78.5 cm³/mol. The van der Waals surface area contributed by atoms with Crippen LogP contribution in [0.2, 0.25) is 0 Å². The molecule has 2 heterocycles. The zero-order valence-corrected chi connectivity index (χ0v) is 12.6. The quantitative estimate of drug-likeness (QED) is 0.921. The molecule has 0 amide bonds. The van der Waals surface area contributed by atoms with Crippen LogP contribution in [0.25, 0.3) is 0 Å². The van der Waals surface area contributed by atoms with Crippen molar-refractivity contribution in [2.75, 3.05) is 13.7 Å². The molecule has 0 radical (unpaired) electrons. The van der Waals surface area contributed by atoms with Crippen molar-refractivity contribution in [1.29, 1.82) is 0 Å². The van der Waals surface area contributed by atoms with Crippen LogP contribution in [0.5, 0.6) is 0 Å². The van der Waals surface area contributed by atoms with Gasteiger partial charge in [-0.2, -0.15) is 0 Å². The molecule has 1 aliphatic carbocycles. The molecule has 3 rings (SSSR count). The molecule has 2 aliphatic rings. The summed E-state index contributed by atoms with van der Waals surface area (Å²) in [4.78, 5) is 9.60. The summed E-state index contributed by atoms with van der Waals surface area (Å²) >= 11 is 0. The third kappa shape index (κ3) is 2.72. The third-order valence-electron chi connectivity index (χ3n) is 4.74. The lowest BCUT2D eigenvalue weighted by Crippen LogP contribution is -2.28. The zero-order chi connectivity index (χ0) is 13.9. The van der Waals surface area contributed by atoms with Gasteiger partial charge in [0.15, 0.2) is 5.82 Å². The number of hydrogen-bond donors (Lipinski definition) is 1. The van der Waals surface area contributed by atoms with Crippen LogP contribution in [0, 0.1) is 12.8 Å². The van der Waals surface area contributed by atoms with E-state index in [2.05, 4.69) is 12.2 Å². The molecule has 1 aliphatic heterocycles. The molecule has 1 aromatic heterocycles. The summed E-state index contributed by atoms with van der Waals surface area (Å²) in [5.74, 6) is 1.51. The summed E-state index contributed by atoms with van der Waals surface area (Å²) in [6.45, 7) is 4.02. The molecule has 0 spiro atoms. The van der Waals surface area contributed by atoms with E-state index in [-0.39, 0.29) is 6.10 Å². The molecule has 1 N–H and O–H groups in total. The number of hydrogen-bond acceptors (Lipinski definition) is 4. The average molecular weight is 275 g/mol. The maximum absolute atomic E-state index is 5.78. The maximum atomic E-state index is 5.78. The first-order chi connectivity index (χ1) is 9.79. The standard InChI is InChI=1S/C16H25N3O/c1-11-13-10-17-9-8-14(13)19-16(18-11)15(20-2)12-6-4-3-5-7-12/h12,15,17H,3-10H2,1-2H3. The molecule has 1 fully saturated rings. The fourth-order valence-corrected chi connectivity index (χ4v) is 3.61. The number of nitrogens with one attached hydrogen (secondary N) is 1. The molecule has 4 nitrogen and oxygen atoms in total. The van der Waals surface area contributed by atoms with Crippen LogP contribution in [0.15, 0.2) is 0 Å². The molecular weight excluding hydrogens is 250 g/mol. The number of nitrogens with zero attached hydrogens (tertiary/aromatic N) is 2. The van der Waals surface area contributed by atoms with Gasteiger partial charge in [-0.05, 0) is 25.7 Å². The minimum Gasteiger partial charge on any atom is -0.373 e. The molecule has 1 saturated carbocycles. The Morgan fingerprint density at radius 1 is 1.20 bits per heavy atom. The van der Waals surface area contributed by atoms with E-state index in [4.69, 9.17) is 14.7 Å². The molecule has 1 aromatic rings. The highest BCUT2D eigenvalue weighted by atomic mass is 16.5. The van der Waals surface area contributed by atoms with E-state index >= 15 is 0 Å².